The van der Waals surface area contributed by atoms with E-state index in [0.717, 1.165) is 31.2 Å². The second-order valence-corrected chi connectivity index (χ2v) is 5.44. The average Bonchev–Trinajstić information content (AvgIpc) is 2.79. The number of para-hydroxylation sites is 1. The molecule has 0 amide bonds. The van der Waals surface area contributed by atoms with Gasteiger partial charge in [-0.15, -0.1) is 0 Å². The van der Waals surface area contributed by atoms with Gasteiger partial charge in [-0.1, -0.05) is 32.0 Å². The first-order valence-electron chi connectivity index (χ1n) is 7.25. The summed E-state index contributed by atoms with van der Waals surface area (Å²) in [5, 5.41) is 3.49. The molecule has 0 saturated heterocycles. The second-order valence-electron chi connectivity index (χ2n) is 5.44. The van der Waals surface area contributed by atoms with Crippen molar-refractivity contribution in [3.05, 3.63) is 29.8 Å². The van der Waals surface area contributed by atoms with Gasteiger partial charge in [-0.3, -0.25) is 0 Å². The molecule has 0 saturated carbocycles. The Kier molecular flexibility index (Phi) is 5.06. The Morgan fingerprint density at radius 1 is 1.39 bits per heavy atom. The summed E-state index contributed by atoms with van der Waals surface area (Å²) in [6.07, 6.45) is 5.12. The van der Waals surface area contributed by atoms with Crippen LogP contribution in [0, 0.1) is 5.92 Å². The molecule has 0 bridgehead atoms. The Morgan fingerprint density at radius 2 is 2.22 bits per heavy atom. The third-order valence-electron chi connectivity index (χ3n) is 3.61. The monoisotopic (exact) mass is 247 g/mol. The predicted molar refractivity (Wildman–Crippen MR) is 76.1 cm³/mol. The molecule has 1 aliphatic rings. The molecule has 18 heavy (non-hydrogen) atoms. The summed E-state index contributed by atoms with van der Waals surface area (Å²) in [5.74, 6) is 1.84. The molecule has 2 atom stereocenters. The molecule has 0 aliphatic carbocycles. The lowest BCUT2D eigenvalue weighted by atomic mass is 10.00. The van der Waals surface area contributed by atoms with Crippen molar-refractivity contribution in [3.63, 3.8) is 0 Å². The SMILES string of the molecule is CCCNCC(C)CCC1Cc2ccccc2O1. The predicted octanol–water partition coefficient (Wildman–Crippen LogP) is 3.41. The highest BCUT2D eigenvalue weighted by Crippen LogP contribution is 2.30. The van der Waals surface area contributed by atoms with Crippen LogP contribution >= 0.6 is 0 Å². The van der Waals surface area contributed by atoms with Crippen molar-refractivity contribution in [1.82, 2.24) is 5.32 Å². The molecule has 0 fully saturated rings. The van der Waals surface area contributed by atoms with E-state index in [2.05, 4.69) is 43.4 Å². The van der Waals surface area contributed by atoms with E-state index in [4.69, 9.17) is 4.74 Å². The Bertz CT molecular complexity index is 339. The molecule has 2 rings (SSSR count). The fourth-order valence-corrected chi connectivity index (χ4v) is 2.51. The van der Waals surface area contributed by atoms with Gasteiger partial charge < -0.3 is 10.1 Å². The van der Waals surface area contributed by atoms with Crippen molar-refractivity contribution in [2.45, 2.75) is 45.6 Å². The summed E-state index contributed by atoms with van der Waals surface area (Å²) in [7, 11) is 0. The van der Waals surface area contributed by atoms with Crippen LogP contribution < -0.4 is 10.1 Å². The van der Waals surface area contributed by atoms with Crippen molar-refractivity contribution in [1.29, 1.82) is 0 Å². The second kappa shape index (κ2) is 6.79. The van der Waals surface area contributed by atoms with E-state index in [1.54, 1.807) is 0 Å². The first kappa shape index (κ1) is 13.4. The van der Waals surface area contributed by atoms with Crippen LogP contribution in [-0.2, 0) is 6.42 Å². The van der Waals surface area contributed by atoms with Gasteiger partial charge in [0.15, 0.2) is 0 Å². The summed E-state index contributed by atoms with van der Waals surface area (Å²) in [6.45, 7) is 6.80. The van der Waals surface area contributed by atoms with Crippen molar-refractivity contribution in [2.24, 2.45) is 5.92 Å². The van der Waals surface area contributed by atoms with Gasteiger partial charge in [0.05, 0.1) is 0 Å². The standard InChI is InChI=1S/C16H25NO/c1-3-10-17-12-13(2)8-9-15-11-14-6-4-5-7-16(14)18-15/h4-7,13,15,17H,3,8-12H2,1-2H3. The largest absolute Gasteiger partial charge is 0.490 e. The van der Waals surface area contributed by atoms with E-state index in [9.17, 15) is 0 Å². The minimum absolute atomic E-state index is 0.399. The minimum atomic E-state index is 0.399. The van der Waals surface area contributed by atoms with E-state index < -0.39 is 0 Å². The molecule has 1 N–H and O–H groups in total. The number of benzene rings is 1. The molecule has 0 spiro atoms. The quantitative estimate of drug-likeness (QED) is 0.746. The number of fused-ring (bicyclic) bond motifs is 1. The topological polar surface area (TPSA) is 21.3 Å². The molecular formula is C16H25NO. The number of nitrogens with one attached hydrogen (secondary N) is 1. The highest BCUT2D eigenvalue weighted by molar-refractivity contribution is 5.37. The highest BCUT2D eigenvalue weighted by Gasteiger charge is 2.22. The molecule has 2 unspecified atom stereocenters. The fourth-order valence-electron chi connectivity index (χ4n) is 2.51. The van der Waals surface area contributed by atoms with E-state index in [-0.39, 0.29) is 0 Å². The summed E-state index contributed by atoms with van der Waals surface area (Å²) in [6, 6.07) is 8.42. The summed E-state index contributed by atoms with van der Waals surface area (Å²) in [5.41, 5.74) is 1.37. The molecule has 100 valence electrons. The van der Waals surface area contributed by atoms with E-state index >= 15 is 0 Å². The summed E-state index contributed by atoms with van der Waals surface area (Å²) in [4.78, 5) is 0. The Balaban J connectivity index is 1.67. The fraction of sp³-hybridized carbons (Fsp3) is 0.625. The minimum Gasteiger partial charge on any atom is -0.490 e. The summed E-state index contributed by atoms with van der Waals surface area (Å²) < 4.78 is 5.96. The van der Waals surface area contributed by atoms with Crippen LogP contribution in [-0.4, -0.2) is 19.2 Å². The average molecular weight is 247 g/mol. The van der Waals surface area contributed by atoms with Gasteiger partial charge in [-0.2, -0.15) is 0 Å². The Hall–Kier alpha value is -1.02. The van der Waals surface area contributed by atoms with Gasteiger partial charge in [-0.25, -0.2) is 0 Å². The van der Waals surface area contributed by atoms with Crippen LogP contribution in [0.2, 0.25) is 0 Å². The number of hydrogen-bond donors (Lipinski definition) is 1. The third kappa shape index (κ3) is 3.74. The van der Waals surface area contributed by atoms with Crippen LogP contribution in [0.5, 0.6) is 5.75 Å². The van der Waals surface area contributed by atoms with Crippen LogP contribution in [0.3, 0.4) is 0 Å². The van der Waals surface area contributed by atoms with Gasteiger partial charge >= 0.3 is 0 Å². The Labute approximate surface area is 111 Å². The maximum Gasteiger partial charge on any atom is 0.123 e. The van der Waals surface area contributed by atoms with Gasteiger partial charge in [0.2, 0.25) is 0 Å². The molecule has 2 heteroatoms. The van der Waals surface area contributed by atoms with Crippen molar-refractivity contribution in [3.8, 4) is 5.75 Å². The van der Waals surface area contributed by atoms with Gasteiger partial charge in [0.25, 0.3) is 0 Å². The van der Waals surface area contributed by atoms with Crippen molar-refractivity contribution in [2.75, 3.05) is 13.1 Å². The lowest BCUT2D eigenvalue weighted by Crippen LogP contribution is -2.23. The number of hydrogen-bond acceptors (Lipinski definition) is 2. The first-order valence-corrected chi connectivity index (χ1v) is 7.25. The third-order valence-corrected chi connectivity index (χ3v) is 3.61. The zero-order valence-corrected chi connectivity index (χ0v) is 11.6. The molecule has 1 aromatic carbocycles. The van der Waals surface area contributed by atoms with E-state index in [1.807, 2.05) is 0 Å². The van der Waals surface area contributed by atoms with Crippen LogP contribution in [0.1, 0.15) is 38.7 Å². The molecular weight excluding hydrogens is 222 g/mol. The van der Waals surface area contributed by atoms with Gasteiger partial charge in [0.1, 0.15) is 11.9 Å². The van der Waals surface area contributed by atoms with E-state index in [0.29, 0.717) is 6.10 Å². The zero-order valence-electron chi connectivity index (χ0n) is 11.6. The maximum atomic E-state index is 5.96. The zero-order chi connectivity index (χ0) is 12.8. The smallest absolute Gasteiger partial charge is 0.123 e. The normalized spacial score (nSPS) is 19.3. The van der Waals surface area contributed by atoms with E-state index in [1.165, 1.54) is 24.8 Å². The lowest BCUT2D eigenvalue weighted by molar-refractivity contribution is 0.209. The molecule has 2 nitrogen and oxygen atoms in total. The van der Waals surface area contributed by atoms with Gasteiger partial charge in [0, 0.05) is 6.42 Å². The van der Waals surface area contributed by atoms with Crippen LogP contribution in [0.4, 0.5) is 0 Å². The van der Waals surface area contributed by atoms with Crippen LogP contribution in [0.25, 0.3) is 0 Å². The molecule has 1 heterocycles. The maximum absolute atomic E-state index is 5.96. The van der Waals surface area contributed by atoms with Crippen molar-refractivity contribution < 1.29 is 4.74 Å². The number of rotatable bonds is 7. The lowest BCUT2D eigenvalue weighted by Gasteiger charge is -2.15. The first-order chi connectivity index (χ1) is 8.79. The molecule has 1 aromatic rings. The van der Waals surface area contributed by atoms with Crippen LogP contribution in [0.15, 0.2) is 24.3 Å². The molecule has 1 aliphatic heterocycles. The van der Waals surface area contributed by atoms with Gasteiger partial charge in [-0.05, 0) is 49.9 Å². The molecule has 0 radical (unpaired) electrons. The highest BCUT2D eigenvalue weighted by atomic mass is 16.5. The number of ether oxygens (including phenoxy) is 1. The molecule has 0 aromatic heterocycles. The Morgan fingerprint density at radius 3 is 3.00 bits per heavy atom. The van der Waals surface area contributed by atoms with Crippen molar-refractivity contribution >= 4 is 0 Å². The summed E-state index contributed by atoms with van der Waals surface area (Å²) >= 11 is 0.